The molecule has 36 heavy (non-hydrogen) atoms. The minimum absolute atomic E-state index is 0.0964. The fraction of sp³-hybridized carbons (Fsp3) is 0.138. The van der Waals surface area contributed by atoms with Gasteiger partial charge in [-0.1, -0.05) is 78.9 Å². The van der Waals surface area contributed by atoms with Gasteiger partial charge >= 0.3 is 0 Å². The number of rotatable bonds is 9. The molecular weight excluding hydrogens is 472 g/mol. The van der Waals surface area contributed by atoms with Gasteiger partial charge in [0.25, 0.3) is 10.0 Å². The molecule has 1 N–H and O–H groups in total. The molecule has 0 aliphatic heterocycles. The number of anilines is 1. The van der Waals surface area contributed by atoms with Crippen molar-refractivity contribution < 1.29 is 17.9 Å². The minimum atomic E-state index is -4.03. The van der Waals surface area contributed by atoms with Crippen LogP contribution in [0.3, 0.4) is 0 Å². The van der Waals surface area contributed by atoms with Crippen molar-refractivity contribution in [2.75, 3.05) is 18.0 Å². The number of methoxy groups -OCH3 is 1. The predicted octanol–water partition coefficient (Wildman–Crippen LogP) is 5.10. The second-order valence-corrected chi connectivity index (χ2v) is 10.2. The molecule has 0 bridgehead atoms. The average molecular weight is 501 g/mol. The Bertz CT molecular complexity index is 1420. The maximum absolute atomic E-state index is 13.7. The van der Waals surface area contributed by atoms with E-state index < -0.39 is 28.5 Å². The summed E-state index contributed by atoms with van der Waals surface area (Å²) in [6.45, 7) is 1.58. The Morgan fingerprint density at radius 3 is 2.17 bits per heavy atom. The quantitative estimate of drug-likeness (QED) is 0.347. The Morgan fingerprint density at radius 2 is 1.50 bits per heavy atom. The third kappa shape index (κ3) is 5.58. The summed E-state index contributed by atoms with van der Waals surface area (Å²) in [5.74, 6) is 0.0534. The molecule has 0 heterocycles. The molecule has 0 aromatic heterocycles. The fourth-order valence-electron chi connectivity index (χ4n) is 4.03. The molecule has 0 saturated carbocycles. The van der Waals surface area contributed by atoms with Crippen LogP contribution in [0.15, 0.2) is 114 Å². The van der Waals surface area contributed by atoms with Gasteiger partial charge in [-0.25, -0.2) is 8.42 Å². The van der Waals surface area contributed by atoms with E-state index in [-0.39, 0.29) is 4.90 Å². The number of hydrogen-bond donors (Lipinski definition) is 1. The molecule has 4 aromatic carbocycles. The van der Waals surface area contributed by atoms with Gasteiger partial charge in [0.15, 0.2) is 0 Å². The Labute approximate surface area is 212 Å². The molecule has 6 nitrogen and oxygen atoms in total. The van der Waals surface area contributed by atoms with Gasteiger partial charge in [0.2, 0.25) is 5.91 Å². The van der Waals surface area contributed by atoms with Crippen molar-refractivity contribution in [3.8, 4) is 5.75 Å². The summed E-state index contributed by atoms with van der Waals surface area (Å²) >= 11 is 0. The lowest BCUT2D eigenvalue weighted by atomic mass is 9.95. The maximum atomic E-state index is 13.7. The number of hydrogen-bond acceptors (Lipinski definition) is 4. The molecule has 1 atom stereocenters. The van der Waals surface area contributed by atoms with Gasteiger partial charge in [-0.3, -0.25) is 9.10 Å². The third-order valence-electron chi connectivity index (χ3n) is 5.90. The lowest BCUT2D eigenvalue weighted by molar-refractivity contribution is -0.120. The van der Waals surface area contributed by atoms with E-state index in [1.54, 1.807) is 42.5 Å². The molecule has 0 aliphatic rings. The van der Waals surface area contributed by atoms with Crippen molar-refractivity contribution >= 4 is 21.6 Å². The summed E-state index contributed by atoms with van der Waals surface area (Å²) in [5.41, 5.74) is 3.20. The number of amides is 1. The number of ether oxygens (including phenoxy) is 1. The first kappa shape index (κ1) is 25.0. The Morgan fingerprint density at radius 1 is 0.861 bits per heavy atom. The fourth-order valence-corrected chi connectivity index (χ4v) is 5.47. The smallest absolute Gasteiger partial charge is 0.264 e. The molecule has 1 amide bonds. The van der Waals surface area contributed by atoms with Gasteiger partial charge < -0.3 is 10.1 Å². The van der Waals surface area contributed by atoms with Gasteiger partial charge in [-0.15, -0.1) is 0 Å². The molecule has 4 rings (SSSR count). The van der Waals surface area contributed by atoms with Crippen molar-refractivity contribution in [1.29, 1.82) is 0 Å². The summed E-state index contributed by atoms with van der Waals surface area (Å²) in [6, 6.07) is 31.7. The van der Waals surface area contributed by atoms with Gasteiger partial charge in [0, 0.05) is 6.07 Å². The van der Waals surface area contributed by atoms with E-state index in [2.05, 4.69) is 5.32 Å². The Hall–Kier alpha value is -4.10. The van der Waals surface area contributed by atoms with Crippen molar-refractivity contribution in [2.24, 2.45) is 0 Å². The van der Waals surface area contributed by atoms with Crippen LogP contribution in [0.1, 0.15) is 22.7 Å². The number of benzene rings is 4. The van der Waals surface area contributed by atoms with Crippen LogP contribution in [0.25, 0.3) is 0 Å². The van der Waals surface area contributed by atoms with Gasteiger partial charge in [-0.05, 0) is 47.9 Å². The standard InChI is InChI=1S/C29H28N2O4S/c1-22-12-9-10-19-27(22)29(23-13-5-3-6-14-23)30-28(32)21-31(24-15-11-16-25(20-24)35-2)36(33,34)26-17-7-4-8-18-26/h3-20,29H,21H2,1-2H3,(H,30,32)/t29-/m0/s1. The van der Waals surface area contributed by atoms with Crippen molar-refractivity contribution in [1.82, 2.24) is 5.32 Å². The SMILES string of the molecule is COc1cccc(N(CC(=O)N[C@@H](c2ccccc2)c2ccccc2C)S(=O)(=O)c2ccccc2)c1. The summed E-state index contributed by atoms with van der Waals surface area (Å²) < 4.78 is 33.7. The lowest BCUT2D eigenvalue weighted by Gasteiger charge is -2.27. The zero-order valence-electron chi connectivity index (χ0n) is 20.2. The van der Waals surface area contributed by atoms with Crippen molar-refractivity contribution in [3.05, 3.63) is 126 Å². The summed E-state index contributed by atoms with van der Waals surface area (Å²) in [6.07, 6.45) is 0. The first-order valence-corrected chi connectivity index (χ1v) is 13.0. The monoisotopic (exact) mass is 500 g/mol. The molecule has 0 saturated heterocycles. The van der Waals surface area contributed by atoms with Crippen LogP contribution in [0, 0.1) is 6.92 Å². The topological polar surface area (TPSA) is 75.7 Å². The van der Waals surface area contributed by atoms with Crippen LogP contribution in [0.5, 0.6) is 5.75 Å². The zero-order chi connectivity index (χ0) is 25.5. The first-order chi connectivity index (χ1) is 17.4. The highest BCUT2D eigenvalue weighted by atomic mass is 32.2. The third-order valence-corrected chi connectivity index (χ3v) is 7.69. The molecule has 0 spiro atoms. The normalized spacial score (nSPS) is 11.9. The summed E-state index contributed by atoms with van der Waals surface area (Å²) in [7, 11) is -2.52. The number of sulfonamides is 1. The van der Waals surface area contributed by atoms with Gasteiger partial charge in [0.1, 0.15) is 12.3 Å². The van der Waals surface area contributed by atoms with E-state index in [1.807, 2.05) is 61.5 Å². The average Bonchev–Trinajstić information content (AvgIpc) is 2.92. The molecule has 0 aliphatic carbocycles. The van der Waals surface area contributed by atoms with Crippen LogP contribution in [-0.2, 0) is 14.8 Å². The molecule has 0 unspecified atom stereocenters. The van der Waals surface area contributed by atoms with Gasteiger partial charge in [0.05, 0.1) is 23.7 Å². The van der Waals surface area contributed by atoms with E-state index in [0.717, 1.165) is 21.0 Å². The highest BCUT2D eigenvalue weighted by Crippen LogP contribution is 2.28. The Balaban J connectivity index is 1.71. The summed E-state index contributed by atoms with van der Waals surface area (Å²) in [4.78, 5) is 13.6. The van der Waals surface area contributed by atoms with Crippen LogP contribution < -0.4 is 14.4 Å². The van der Waals surface area contributed by atoms with E-state index in [1.165, 1.54) is 19.2 Å². The van der Waals surface area contributed by atoms with Crippen molar-refractivity contribution in [2.45, 2.75) is 17.9 Å². The van der Waals surface area contributed by atoms with E-state index in [0.29, 0.717) is 11.4 Å². The number of carbonyl (C=O) groups excluding carboxylic acids is 1. The number of carbonyl (C=O) groups is 1. The highest BCUT2D eigenvalue weighted by molar-refractivity contribution is 7.92. The zero-order valence-corrected chi connectivity index (χ0v) is 21.0. The molecule has 4 aromatic rings. The molecule has 0 fully saturated rings. The second kappa shape index (κ2) is 11.1. The van der Waals surface area contributed by atoms with E-state index in [9.17, 15) is 13.2 Å². The molecule has 7 heteroatoms. The maximum Gasteiger partial charge on any atom is 0.264 e. The number of nitrogens with zero attached hydrogens (tertiary/aromatic N) is 1. The minimum Gasteiger partial charge on any atom is -0.497 e. The predicted molar refractivity (Wildman–Crippen MR) is 142 cm³/mol. The Kier molecular flexibility index (Phi) is 7.71. The number of nitrogens with one attached hydrogen (secondary N) is 1. The lowest BCUT2D eigenvalue weighted by Crippen LogP contribution is -2.42. The second-order valence-electron chi connectivity index (χ2n) is 8.29. The van der Waals surface area contributed by atoms with Gasteiger partial charge in [-0.2, -0.15) is 0 Å². The molecule has 184 valence electrons. The van der Waals surface area contributed by atoms with Crippen molar-refractivity contribution in [3.63, 3.8) is 0 Å². The van der Waals surface area contributed by atoms with E-state index in [4.69, 9.17) is 4.74 Å². The molecule has 0 radical (unpaired) electrons. The van der Waals surface area contributed by atoms with Crippen LogP contribution in [-0.4, -0.2) is 28.0 Å². The van der Waals surface area contributed by atoms with E-state index >= 15 is 0 Å². The van der Waals surface area contributed by atoms with Crippen LogP contribution >= 0.6 is 0 Å². The molecular formula is C29H28N2O4S. The first-order valence-electron chi connectivity index (χ1n) is 11.5. The summed E-state index contributed by atoms with van der Waals surface area (Å²) in [5, 5.41) is 3.07. The highest BCUT2D eigenvalue weighted by Gasteiger charge is 2.29. The largest absolute Gasteiger partial charge is 0.497 e. The van der Waals surface area contributed by atoms with Crippen LogP contribution in [0.4, 0.5) is 5.69 Å². The number of aryl methyl sites for hydroxylation is 1. The van der Waals surface area contributed by atoms with Crippen LogP contribution in [0.2, 0.25) is 0 Å².